The van der Waals surface area contributed by atoms with Crippen LogP contribution < -0.4 is 10.2 Å². The van der Waals surface area contributed by atoms with Crippen LogP contribution in [0, 0.1) is 0 Å². The van der Waals surface area contributed by atoms with Gasteiger partial charge in [0.05, 0.1) is 0 Å². The molecule has 1 atom stereocenters. The lowest BCUT2D eigenvalue weighted by Gasteiger charge is -2.36. The number of rotatable bonds is 5. The zero-order chi connectivity index (χ0) is 14.5. The Labute approximate surface area is 131 Å². The summed E-state index contributed by atoms with van der Waals surface area (Å²) >= 11 is 3.62. The summed E-state index contributed by atoms with van der Waals surface area (Å²) < 4.78 is 1.16. The van der Waals surface area contributed by atoms with E-state index in [0.29, 0.717) is 6.04 Å². The van der Waals surface area contributed by atoms with Gasteiger partial charge >= 0.3 is 0 Å². The van der Waals surface area contributed by atoms with Crippen molar-refractivity contribution >= 4 is 21.6 Å². The Morgan fingerprint density at radius 1 is 1.25 bits per heavy atom. The maximum absolute atomic E-state index is 3.62. The molecule has 1 saturated heterocycles. The van der Waals surface area contributed by atoms with Crippen molar-refractivity contribution in [3.05, 3.63) is 28.2 Å². The molecular weight excluding hydrogens is 314 g/mol. The summed E-state index contributed by atoms with van der Waals surface area (Å²) in [5.41, 5.74) is 2.79. The zero-order valence-electron chi connectivity index (χ0n) is 12.8. The summed E-state index contributed by atoms with van der Waals surface area (Å²) in [5, 5.41) is 3.60. The first-order chi connectivity index (χ1) is 9.61. The third-order valence-electron chi connectivity index (χ3n) is 4.00. The van der Waals surface area contributed by atoms with Crippen LogP contribution >= 0.6 is 15.9 Å². The molecule has 0 spiro atoms. The third kappa shape index (κ3) is 3.96. The summed E-state index contributed by atoms with van der Waals surface area (Å²) in [6.07, 6.45) is 1.17. The second-order valence-corrected chi connectivity index (χ2v) is 6.58. The zero-order valence-corrected chi connectivity index (χ0v) is 14.4. The Kier molecular flexibility index (Phi) is 5.87. The largest absolute Gasteiger partial charge is 0.369 e. The van der Waals surface area contributed by atoms with Crippen LogP contribution in [0.3, 0.4) is 0 Å². The van der Waals surface area contributed by atoms with Crippen molar-refractivity contribution in [2.24, 2.45) is 0 Å². The van der Waals surface area contributed by atoms with Gasteiger partial charge in [-0.05, 0) is 44.6 Å². The molecule has 3 nitrogen and oxygen atoms in total. The molecule has 1 N–H and O–H groups in total. The summed E-state index contributed by atoms with van der Waals surface area (Å²) in [5.74, 6) is 0. The van der Waals surface area contributed by atoms with Crippen molar-refractivity contribution in [2.45, 2.75) is 26.3 Å². The Balaban J connectivity index is 2.19. The van der Waals surface area contributed by atoms with Gasteiger partial charge in [0, 0.05) is 42.4 Å². The van der Waals surface area contributed by atoms with E-state index in [1.54, 1.807) is 0 Å². The van der Waals surface area contributed by atoms with Gasteiger partial charge in [-0.1, -0.05) is 28.9 Å². The van der Waals surface area contributed by atoms with Crippen molar-refractivity contribution in [3.8, 4) is 0 Å². The molecule has 0 aliphatic carbocycles. The molecule has 0 aromatic heterocycles. The fraction of sp³-hybridized carbons (Fsp3) is 0.625. The summed E-state index contributed by atoms with van der Waals surface area (Å²) in [6, 6.07) is 7.08. The number of hydrogen-bond donors (Lipinski definition) is 1. The number of nitrogens with one attached hydrogen (secondary N) is 1. The minimum absolute atomic E-state index is 0.401. The molecule has 0 saturated carbocycles. The maximum atomic E-state index is 3.62. The minimum atomic E-state index is 0.401. The number of nitrogens with zero attached hydrogens (tertiary/aromatic N) is 2. The van der Waals surface area contributed by atoms with Crippen molar-refractivity contribution in [2.75, 3.05) is 44.7 Å². The van der Waals surface area contributed by atoms with Gasteiger partial charge < -0.3 is 15.1 Å². The highest BCUT2D eigenvalue weighted by Crippen LogP contribution is 2.30. The predicted octanol–water partition coefficient (Wildman–Crippen LogP) is 3.26. The molecule has 0 radical (unpaired) electrons. The first kappa shape index (κ1) is 15.8. The molecule has 0 bridgehead atoms. The van der Waals surface area contributed by atoms with Crippen LogP contribution in [0.25, 0.3) is 0 Å². The fourth-order valence-electron chi connectivity index (χ4n) is 2.68. The Hall–Kier alpha value is -0.580. The second-order valence-electron chi connectivity index (χ2n) is 5.67. The molecule has 1 heterocycles. The minimum Gasteiger partial charge on any atom is -0.369 e. The lowest BCUT2D eigenvalue weighted by atomic mass is 10.0. The van der Waals surface area contributed by atoms with E-state index >= 15 is 0 Å². The van der Waals surface area contributed by atoms with Crippen molar-refractivity contribution < 1.29 is 0 Å². The third-order valence-corrected chi connectivity index (χ3v) is 4.50. The predicted molar refractivity (Wildman–Crippen MR) is 90.6 cm³/mol. The summed E-state index contributed by atoms with van der Waals surface area (Å²) in [4.78, 5) is 4.91. The van der Waals surface area contributed by atoms with Crippen LogP contribution in [-0.2, 0) is 0 Å². The van der Waals surface area contributed by atoms with Gasteiger partial charge in [0.2, 0.25) is 0 Å². The number of hydrogen-bond acceptors (Lipinski definition) is 3. The van der Waals surface area contributed by atoms with Crippen LogP contribution in [0.15, 0.2) is 22.7 Å². The number of piperazine rings is 1. The quantitative estimate of drug-likeness (QED) is 0.888. The van der Waals surface area contributed by atoms with E-state index in [4.69, 9.17) is 0 Å². The Morgan fingerprint density at radius 2 is 1.95 bits per heavy atom. The lowest BCUT2D eigenvalue weighted by molar-refractivity contribution is 0.312. The molecule has 20 heavy (non-hydrogen) atoms. The average molecular weight is 340 g/mol. The molecule has 1 aromatic carbocycles. The topological polar surface area (TPSA) is 18.5 Å². The van der Waals surface area contributed by atoms with Crippen molar-refractivity contribution in [3.63, 3.8) is 0 Å². The molecule has 4 heteroatoms. The van der Waals surface area contributed by atoms with Gasteiger partial charge in [0.25, 0.3) is 0 Å². The highest BCUT2D eigenvalue weighted by molar-refractivity contribution is 9.10. The van der Waals surface area contributed by atoms with E-state index < -0.39 is 0 Å². The van der Waals surface area contributed by atoms with E-state index in [-0.39, 0.29) is 0 Å². The molecule has 1 aromatic rings. The molecule has 1 aliphatic rings. The average Bonchev–Trinajstić information content (AvgIpc) is 2.45. The molecule has 1 aliphatic heterocycles. The molecular formula is C16H26BrN3. The smallest absolute Gasteiger partial charge is 0.0426 e. The van der Waals surface area contributed by atoms with Crippen LogP contribution in [-0.4, -0.2) is 44.7 Å². The Bertz CT molecular complexity index is 428. The molecule has 2 rings (SSSR count). The van der Waals surface area contributed by atoms with E-state index in [1.807, 2.05) is 0 Å². The number of likely N-dealkylation sites (N-methyl/N-ethyl adjacent to an activating group) is 1. The summed E-state index contributed by atoms with van der Waals surface area (Å²) in [6.45, 7) is 10.0. The van der Waals surface area contributed by atoms with Crippen molar-refractivity contribution in [1.82, 2.24) is 10.2 Å². The standard InChI is InChI=1S/C16H26BrN3/c1-4-7-18-13(2)15-6-5-14(17)12-16(15)20-10-8-19(3)9-11-20/h5-6,12-13,18H,4,7-11H2,1-3H3. The lowest BCUT2D eigenvalue weighted by Crippen LogP contribution is -2.45. The maximum Gasteiger partial charge on any atom is 0.0426 e. The monoisotopic (exact) mass is 339 g/mol. The van der Waals surface area contributed by atoms with Crippen LogP contribution in [0.2, 0.25) is 0 Å². The Morgan fingerprint density at radius 3 is 2.60 bits per heavy atom. The SMILES string of the molecule is CCCNC(C)c1ccc(Br)cc1N1CCN(C)CC1. The van der Waals surface area contributed by atoms with Crippen LogP contribution in [0.4, 0.5) is 5.69 Å². The van der Waals surface area contributed by atoms with Gasteiger partial charge in [-0.15, -0.1) is 0 Å². The first-order valence-electron chi connectivity index (χ1n) is 7.58. The fourth-order valence-corrected chi connectivity index (χ4v) is 3.02. The van der Waals surface area contributed by atoms with Gasteiger partial charge in [0.15, 0.2) is 0 Å². The van der Waals surface area contributed by atoms with Crippen molar-refractivity contribution in [1.29, 1.82) is 0 Å². The number of halogens is 1. The molecule has 1 fully saturated rings. The highest BCUT2D eigenvalue weighted by atomic mass is 79.9. The van der Waals surface area contributed by atoms with E-state index in [9.17, 15) is 0 Å². The van der Waals surface area contributed by atoms with E-state index in [1.165, 1.54) is 17.7 Å². The van der Waals surface area contributed by atoms with E-state index in [0.717, 1.165) is 37.2 Å². The first-order valence-corrected chi connectivity index (χ1v) is 8.37. The van der Waals surface area contributed by atoms with Gasteiger partial charge in [-0.3, -0.25) is 0 Å². The van der Waals surface area contributed by atoms with Crippen LogP contribution in [0.5, 0.6) is 0 Å². The van der Waals surface area contributed by atoms with Gasteiger partial charge in [-0.2, -0.15) is 0 Å². The van der Waals surface area contributed by atoms with Crippen LogP contribution in [0.1, 0.15) is 31.9 Å². The highest BCUT2D eigenvalue weighted by Gasteiger charge is 2.19. The molecule has 112 valence electrons. The van der Waals surface area contributed by atoms with Gasteiger partial charge in [0.1, 0.15) is 0 Å². The second kappa shape index (κ2) is 7.43. The summed E-state index contributed by atoms with van der Waals surface area (Å²) in [7, 11) is 2.20. The molecule has 0 amide bonds. The van der Waals surface area contributed by atoms with Gasteiger partial charge in [-0.25, -0.2) is 0 Å². The van der Waals surface area contributed by atoms with E-state index in [2.05, 4.69) is 70.1 Å². The normalized spacial score (nSPS) is 18.3. The number of anilines is 1. The molecule has 1 unspecified atom stereocenters. The number of benzene rings is 1.